The van der Waals surface area contributed by atoms with Crippen LogP contribution in [0.1, 0.15) is 34.9 Å². The number of aromatic nitrogens is 2. The zero-order valence-corrected chi connectivity index (χ0v) is 21.3. The van der Waals surface area contributed by atoms with Crippen molar-refractivity contribution in [1.82, 2.24) is 20.0 Å². The molecule has 0 saturated carbocycles. The van der Waals surface area contributed by atoms with Gasteiger partial charge < -0.3 is 14.8 Å². The van der Waals surface area contributed by atoms with Gasteiger partial charge >= 0.3 is 0 Å². The molecule has 7 heteroatoms. The van der Waals surface area contributed by atoms with Crippen LogP contribution in [0, 0.1) is 0 Å². The lowest BCUT2D eigenvalue weighted by atomic mass is 10.0. The first-order chi connectivity index (χ1) is 18.2. The molecule has 5 rings (SSSR count). The second-order valence-corrected chi connectivity index (χ2v) is 9.12. The fraction of sp³-hybridized carbons (Fsp3) is 0.267. The van der Waals surface area contributed by atoms with Gasteiger partial charge in [-0.15, -0.1) is 0 Å². The number of likely N-dealkylation sites (tertiary alicyclic amines) is 1. The van der Waals surface area contributed by atoms with Gasteiger partial charge in [-0.3, -0.25) is 9.69 Å². The van der Waals surface area contributed by atoms with Crippen molar-refractivity contribution >= 4 is 5.91 Å². The molecule has 0 spiro atoms. The second kappa shape index (κ2) is 11.3. The lowest BCUT2D eigenvalue weighted by Gasteiger charge is -2.28. The summed E-state index contributed by atoms with van der Waals surface area (Å²) in [5.41, 5.74) is 4.00. The highest BCUT2D eigenvalue weighted by molar-refractivity contribution is 5.99. The lowest BCUT2D eigenvalue weighted by molar-refractivity contribution is 0.0933. The number of methoxy groups -OCH3 is 2. The largest absolute Gasteiger partial charge is 0.493 e. The topological polar surface area (TPSA) is 68.6 Å². The monoisotopic (exact) mass is 496 g/mol. The van der Waals surface area contributed by atoms with E-state index < -0.39 is 0 Å². The first-order valence-electron chi connectivity index (χ1n) is 12.6. The van der Waals surface area contributed by atoms with Crippen LogP contribution in [-0.2, 0) is 0 Å². The van der Waals surface area contributed by atoms with E-state index in [4.69, 9.17) is 14.6 Å². The van der Waals surface area contributed by atoms with Gasteiger partial charge in [-0.1, -0.05) is 54.6 Å². The van der Waals surface area contributed by atoms with E-state index in [-0.39, 0.29) is 11.9 Å². The standard InChI is InChI=1S/C30H32N4O3/c1-36-27-16-15-23(19-28(27)37-2)25-21-34(24-13-7-4-8-14-24)32-29(25)30(35)31-20-26(33-17-9-10-18-33)22-11-5-3-6-12-22/h3-8,11-16,19,21,26H,9-10,17-18,20H2,1-2H3,(H,31,35). The molecule has 1 aliphatic rings. The van der Waals surface area contributed by atoms with E-state index in [1.165, 1.54) is 18.4 Å². The molecule has 0 aliphatic carbocycles. The molecule has 1 N–H and O–H groups in total. The number of carbonyl (C=O) groups is 1. The molecule has 37 heavy (non-hydrogen) atoms. The highest BCUT2D eigenvalue weighted by Gasteiger charge is 2.26. The number of benzene rings is 3. The molecule has 1 aromatic heterocycles. The molecule has 190 valence electrons. The zero-order chi connectivity index (χ0) is 25.6. The average molecular weight is 497 g/mol. The Morgan fingerprint density at radius 2 is 1.59 bits per heavy atom. The summed E-state index contributed by atoms with van der Waals surface area (Å²) in [7, 11) is 3.21. The quantitative estimate of drug-likeness (QED) is 0.348. The van der Waals surface area contributed by atoms with Gasteiger partial charge in [0.25, 0.3) is 5.91 Å². The van der Waals surface area contributed by atoms with E-state index in [9.17, 15) is 4.79 Å². The van der Waals surface area contributed by atoms with E-state index in [2.05, 4.69) is 34.5 Å². The van der Waals surface area contributed by atoms with Gasteiger partial charge in [0.05, 0.1) is 25.9 Å². The molecule has 1 unspecified atom stereocenters. The van der Waals surface area contributed by atoms with Gasteiger partial charge in [-0.2, -0.15) is 5.10 Å². The van der Waals surface area contributed by atoms with Gasteiger partial charge in [0.15, 0.2) is 17.2 Å². The second-order valence-electron chi connectivity index (χ2n) is 9.12. The summed E-state index contributed by atoms with van der Waals surface area (Å²) >= 11 is 0. The van der Waals surface area contributed by atoms with Crippen LogP contribution in [0.2, 0.25) is 0 Å². The molecular weight excluding hydrogens is 464 g/mol. The van der Waals surface area contributed by atoms with E-state index in [1.54, 1.807) is 18.9 Å². The van der Waals surface area contributed by atoms with Crippen LogP contribution in [0.3, 0.4) is 0 Å². The van der Waals surface area contributed by atoms with Crippen molar-refractivity contribution < 1.29 is 14.3 Å². The minimum atomic E-state index is -0.209. The zero-order valence-electron chi connectivity index (χ0n) is 21.3. The average Bonchev–Trinajstić information content (AvgIpc) is 3.65. The molecule has 1 aliphatic heterocycles. The Morgan fingerprint density at radius 3 is 2.27 bits per heavy atom. The molecule has 4 aromatic rings. The molecule has 0 bridgehead atoms. The third kappa shape index (κ3) is 5.37. The first kappa shape index (κ1) is 24.6. The first-order valence-corrected chi connectivity index (χ1v) is 12.6. The number of hydrogen-bond acceptors (Lipinski definition) is 5. The Labute approximate surface area is 217 Å². The predicted octanol–water partition coefficient (Wildman–Crippen LogP) is 5.12. The molecule has 1 amide bonds. The van der Waals surface area contributed by atoms with Crippen molar-refractivity contribution in [2.75, 3.05) is 33.9 Å². The van der Waals surface area contributed by atoms with Crippen LogP contribution in [-0.4, -0.2) is 54.4 Å². The third-order valence-electron chi connectivity index (χ3n) is 6.87. The van der Waals surface area contributed by atoms with Crippen LogP contribution in [0.5, 0.6) is 11.5 Å². The SMILES string of the molecule is COc1ccc(-c2cn(-c3ccccc3)nc2C(=O)NCC(c2ccccc2)N2CCCC2)cc1OC. The minimum Gasteiger partial charge on any atom is -0.493 e. The maximum absolute atomic E-state index is 13.7. The molecule has 1 atom stereocenters. The predicted molar refractivity (Wildman–Crippen MR) is 144 cm³/mol. The Bertz CT molecular complexity index is 1330. The molecule has 7 nitrogen and oxygen atoms in total. The van der Waals surface area contributed by atoms with Crippen molar-refractivity contribution in [3.05, 3.63) is 96.3 Å². The molecule has 1 fully saturated rings. The summed E-state index contributed by atoms with van der Waals surface area (Å²) in [6.07, 6.45) is 4.26. The van der Waals surface area contributed by atoms with Crippen molar-refractivity contribution in [1.29, 1.82) is 0 Å². The molecule has 3 aromatic carbocycles. The summed E-state index contributed by atoms with van der Waals surface area (Å²) in [4.78, 5) is 16.1. The summed E-state index contributed by atoms with van der Waals surface area (Å²) in [6, 6.07) is 25.9. The normalized spacial score (nSPS) is 14.3. The molecular formula is C30H32N4O3. The number of ether oxygens (including phenoxy) is 2. The maximum atomic E-state index is 13.7. The van der Waals surface area contributed by atoms with E-state index in [0.717, 1.165) is 29.9 Å². The van der Waals surface area contributed by atoms with Gasteiger partial charge in [-0.25, -0.2) is 4.68 Å². The molecule has 2 heterocycles. The Balaban J connectivity index is 1.47. The number of rotatable bonds is 9. The highest BCUT2D eigenvalue weighted by atomic mass is 16.5. The number of amides is 1. The van der Waals surface area contributed by atoms with Crippen LogP contribution in [0.4, 0.5) is 0 Å². The van der Waals surface area contributed by atoms with Crippen LogP contribution < -0.4 is 14.8 Å². The van der Waals surface area contributed by atoms with E-state index in [0.29, 0.717) is 23.7 Å². The summed E-state index contributed by atoms with van der Waals surface area (Å²) < 4.78 is 12.7. The Morgan fingerprint density at radius 1 is 0.919 bits per heavy atom. The number of para-hydroxylation sites is 1. The number of carbonyl (C=O) groups excluding carboxylic acids is 1. The Kier molecular flexibility index (Phi) is 7.51. The van der Waals surface area contributed by atoms with Gasteiger partial charge in [0, 0.05) is 18.3 Å². The number of nitrogens with zero attached hydrogens (tertiary/aromatic N) is 3. The van der Waals surface area contributed by atoms with Crippen LogP contribution >= 0.6 is 0 Å². The van der Waals surface area contributed by atoms with Crippen molar-refractivity contribution in [2.45, 2.75) is 18.9 Å². The maximum Gasteiger partial charge on any atom is 0.272 e. The highest BCUT2D eigenvalue weighted by Crippen LogP contribution is 2.34. The van der Waals surface area contributed by atoms with Crippen molar-refractivity contribution in [3.8, 4) is 28.3 Å². The Hall–Kier alpha value is -4.10. The van der Waals surface area contributed by atoms with Crippen molar-refractivity contribution in [3.63, 3.8) is 0 Å². The summed E-state index contributed by atoms with van der Waals surface area (Å²) in [5, 5.41) is 7.91. The smallest absolute Gasteiger partial charge is 0.272 e. The van der Waals surface area contributed by atoms with Crippen LogP contribution in [0.25, 0.3) is 16.8 Å². The molecule has 1 saturated heterocycles. The fourth-order valence-electron chi connectivity index (χ4n) is 4.93. The fourth-order valence-corrected chi connectivity index (χ4v) is 4.93. The van der Waals surface area contributed by atoms with Crippen LogP contribution in [0.15, 0.2) is 85.1 Å². The molecule has 0 radical (unpaired) electrons. The third-order valence-corrected chi connectivity index (χ3v) is 6.87. The lowest BCUT2D eigenvalue weighted by Crippen LogP contribution is -2.37. The van der Waals surface area contributed by atoms with Gasteiger partial charge in [-0.05, 0) is 61.3 Å². The minimum absolute atomic E-state index is 0.119. The van der Waals surface area contributed by atoms with Crippen molar-refractivity contribution in [2.24, 2.45) is 0 Å². The van der Waals surface area contributed by atoms with Gasteiger partial charge in [0.1, 0.15) is 0 Å². The van der Waals surface area contributed by atoms with E-state index in [1.807, 2.05) is 60.8 Å². The number of nitrogens with one attached hydrogen (secondary N) is 1. The summed E-state index contributed by atoms with van der Waals surface area (Å²) in [5.74, 6) is 1.01. The van der Waals surface area contributed by atoms with Gasteiger partial charge in [0.2, 0.25) is 0 Å². The van der Waals surface area contributed by atoms with E-state index >= 15 is 0 Å². The summed E-state index contributed by atoms with van der Waals surface area (Å²) in [6.45, 7) is 2.58. The number of hydrogen-bond donors (Lipinski definition) is 1.